The van der Waals surface area contributed by atoms with Gasteiger partial charge in [-0.05, 0) is 31.4 Å². The van der Waals surface area contributed by atoms with Crippen molar-refractivity contribution in [2.45, 2.75) is 71.6 Å². The van der Waals surface area contributed by atoms with Gasteiger partial charge in [0.05, 0.1) is 19.0 Å². The maximum Gasteiger partial charge on any atom is 0.160 e. The van der Waals surface area contributed by atoms with Crippen LogP contribution in [0.1, 0.15) is 70.9 Å². The molecule has 0 aliphatic heterocycles. The highest BCUT2D eigenvalue weighted by molar-refractivity contribution is 5.53. The van der Waals surface area contributed by atoms with E-state index in [1.165, 1.54) is 44.9 Å². The quantitative estimate of drug-likeness (QED) is 0.470. The van der Waals surface area contributed by atoms with E-state index >= 15 is 0 Å². The Morgan fingerprint density at radius 3 is 2.12 bits per heavy atom. The number of aromatic nitrogens is 3. The fourth-order valence-corrected chi connectivity index (χ4v) is 2.70. The van der Waals surface area contributed by atoms with E-state index in [-0.39, 0.29) is 0 Å². The highest BCUT2D eigenvalue weighted by Gasteiger charge is 2.04. The minimum absolute atomic E-state index is 0.698. The summed E-state index contributed by atoms with van der Waals surface area (Å²) in [5.41, 5.74) is 2.10. The molecule has 0 aliphatic rings. The second-order valence-electron chi connectivity index (χ2n) is 6.50. The number of rotatable bonds is 12. The van der Waals surface area contributed by atoms with Crippen molar-refractivity contribution in [3.05, 3.63) is 36.4 Å². The van der Waals surface area contributed by atoms with Gasteiger partial charge in [0.25, 0.3) is 0 Å². The zero-order valence-corrected chi connectivity index (χ0v) is 15.7. The molecule has 0 radical (unpaired) electrons. The summed E-state index contributed by atoms with van der Waals surface area (Å²) >= 11 is 0. The minimum atomic E-state index is 0.698. The van der Waals surface area contributed by atoms with Crippen molar-refractivity contribution in [1.82, 2.24) is 15.0 Å². The molecule has 0 aliphatic carbocycles. The lowest BCUT2D eigenvalue weighted by Crippen LogP contribution is -1.99. The average molecular weight is 341 g/mol. The van der Waals surface area contributed by atoms with Gasteiger partial charge in [-0.25, -0.2) is 9.97 Å². The van der Waals surface area contributed by atoms with E-state index in [0.29, 0.717) is 5.82 Å². The zero-order chi connectivity index (χ0) is 17.7. The van der Waals surface area contributed by atoms with Gasteiger partial charge in [-0.1, -0.05) is 52.4 Å². The Morgan fingerprint density at radius 1 is 0.760 bits per heavy atom. The van der Waals surface area contributed by atoms with Crippen LogP contribution in [0, 0.1) is 0 Å². The SMILES string of the molecule is CCCCCCOc1cnc(-c2ccc(CCCCCC)nc2)nc1. The Bertz CT molecular complexity index is 581. The van der Waals surface area contributed by atoms with Crippen molar-refractivity contribution in [1.29, 1.82) is 0 Å². The molecule has 136 valence electrons. The van der Waals surface area contributed by atoms with Crippen LogP contribution >= 0.6 is 0 Å². The molecule has 0 fully saturated rings. The number of ether oxygens (including phenoxy) is 1. The molecule has 0 N–H and O–H groups in total. The molecule has 0 spiro atoms. The molecule has 2 heterocycles. The molecule has 0 aromatic carbocycles. The molecular formula is C21H31N3O. The van der Waals surface area contributed by atoms with Crippen molar-refractivity contribution in [3.8, 4) is 17.1 Å². The molecule has 0 amide bonds. The average Bonchev–Trinajstić information content (AvgIpc) is 2.66. The third-order valence-electron chi connectivity index (χ3n) is 4.26. The predicted octanol–water partition coefficient (Wildman–Crippen LogP) is 5.62. The van der Waals surface area contributed by atoms with Crippen molar-refractivity contribution in [3.63, 3.8) is 0 Å². The smallest absolute Gasteiger partial charge is 0.160 e. The Hall–Kier alpha value is -1.97. The molecule has 2 aromatic rings. The maximum absolute atomic E-state index is 5.69. The first-order valence-electron chi connectivity index (χ1n) is 9.73. The number of hydrogen-bond acceptors (Lipinski definition) is 4. The van der Waals surface area contributed by atoms with Crippen LogP contribution in [0.25, 0.3) is 11.4 Å². The van der Waals surface area contributed by atoms with Crippen molar-refractivity contribution in [2.75, 3.05) is 6.61 Å². The van der Waals surface area contributed by atoms with Gasteiger partial charge >= 0.3 is 0 Å². The lowest BCUT2D eigenvalue weighted by atomic mass is 10.1. The first-order chi connectivity index (χ1) is 12.3. The molecule has 0 saturated carbocycles. The minimum Gasteiger partial charge on any atom is -0.490 e. The molecule has 2 rings (SSSR count). The van der Waals surface area contributed by atoms with Gasteiger partial charge in [0.15, 0.2) is 11.6 Å². The highest BCUT2D eigenvalue weighted by atomic mass is 16.5. The normalized spacial score (nSPS) is 10.8. The van der Waals surface area contributed by atoms with Crippen LogP contribution in [0.3, 0.4) is 0 Å². The van der Waals surface area contributed by atoms with Crippen molar-refractivity contribution in [2.24, 2.45) is 0 Å². The summed E-state index contributed by atoms with van der Waals surface area (Å²) in [6, 6.07) is 4.14. The van der Waals surface area contributed by atoms with Gasteiger partial charge in [-0.3, -0.25) is 4.98 Å². The van der Waals surface area contributed by atoms with Crippen LogP contribution in [0.2, 0.25) is 0 Å². The lowest BCUT2D eigenvalue weighted by molar-refractivity contribution is 0.303. The van der Waals surface area contributed by atoms with Gasteiger partial charge in [-0.15, -0.1) is 0 Å². The molecule has 0 bridgehead atoms. The Balaban J connectivity index is 1.80. The molecule has 2 aromatic heterocycles. The zero-order valence-electron chi connectivity index (χ0n) is 15.7. The molecule has 0 saturated heterocycles. The molecule has 4 nitrogen and oxygen atoms in total. The third kappa shape index (κ3) is 7.20. The van der Waals surface area contributed by atoms with Gasteiger partial charge < -0.3 is 4.74 Å². The topological polar surface area (TPSA) is 47.9 Å². The van der Waals surface area contributed by atoms with E-state index in [2.05, 4.69) is 40.9 Å². The Morgan fingerprint density at radius 2 is 1.48 bits per heavy atom. The van der Waals surface area contributed by atoms with E-state index in [1.807, 2.05) is 6.20 Å². The monoisotopic (exact) mass is 341 g/mol. The summed E-state index contributed by atoms with van der Waals surface area (Å²) in [4.78, 5) is 13.4. The standard InChI is InChI=1S/C21H31N3O/c1-3-5-7-9-11-19-13-12-18(15-22-19)21-23-16-20(17-24-21)25-14-10-8-6-4-2/h12-13,15-17H,3-11,14H2,1-2H3. The number of pyridine rings is 1. The lowest BCUT2D eigenvalue weighted by Gasteiger charge is -2.06. The number of unbranched alkanes of at least 4 members (excludes halogenated alkanes) is 6. The summed E-state index contributed by atoms with van der Waals surface area (Å²) < 4.78 is 5.69. The molecular weight excluding hydrogens is 310 g/mol. The molecule has 0 atom stereocenters. The van der Waals surface area contributed by atoms with Crippen LogP contribution in [-0.2, 0) is 6.42 Å². The second kappa shape index (κ2) is 11.6. The van der Waals surface area contributed by atoms with Crippen LogP contribution in [0.15, 0.2) is 30.7 Å². The van der Waals surface area contributed by atoms with E-state index in [0.717, 1.165) is 36.5 Å². The van der Waals surface area contributed by atoms with Crippen LogP contribution in [0.5, 0.6) is 5.75 Å². The van der Waals surface area contributed by atoms with E-state index < -0.39 is 0 Å². The Labute approximate surface area is 152 Å². The molecule has 25 heavy (non-hydrogen) atoms. The van der Waals surface area contributed by atoms with Gasteiger partial charge in [0.2, 0.25) is 0 Å². The predicted molar refractivity (Wildman–Crippen MR) is 103 cm³/mol. The summed E-state index contributed by atoms with van der Waals surface area (Å²) in [6.07, 6.45) is 16.3. The largest absolute Gasteiger partial charge is 0.490 e. The highest BCUT2D eigenvalue weighted by Crippen LogP contribution is 2.17. The van der Waals surface area contributed by atoms with Crippen LogP contribution in [0.4, 0.5) is 0 Å². The third-order valence-corrected chi connectivity index (χ3v) is 4.26. The summed E-state index contributed by atoms with van der Waals surface area (Å²) in [7, 11) is 0. The summed E-state index contributed by atoms with van der Waals surface area (Å²) in [5, 5.41) is 0. The Kier molecular flexibility index (Phi) is 8.95. The number of nitrogens with zero attached hydrogens (tertiary/aromatic N) is 3. The van der Waals surface area contributed by atoms with Crippen LogP contribution < -0.4 is 4.74 Å². The van der Waals surface area contributed by atoms with E-state index in [4.69, 9.17) is 4.74 Å². The van der Waals surface area contributed by atoms with Gasteiger partial charge in [0, 0.05) is 17.5 Å². The van der Waals surface area contributed by atoms with E-state index in [9.17, 15) is 0 Å². The van der Waals surface area contributed by atoms with Gasteiger partial charge in [-0.2, -0.15) is 0 Å². The van der Waals surface area contributed by atoms with Crippen molar-refractivity contribution >= 4 is 0 Å². The van der Waals surface area contributed by atoms with E-state index in [1.54, 1.807) is 12.4 Å². The number of hydrogen-bond donors (Lipinski definition) is 0. The van der Waals surface area contributed by atoms with Crippen LogP contribution in [-0.4, -0.2) is 21.6 Å². The first kappa shape index (κ1) is 19.4. The van der Waals surface area contributed by atoms with Gasteiger partial charge in [0.1, 0.15) is 0 Å². The molecule has 4 heteroatoms. The maximum atomic E-state index is 5.69. The van der Waals surface area contributed by atoms with Crippen molar-refractivity contribution < 1.29 is 4.74 Å². The fourth-order valence-electron chi connectivity index (χ4n) is 2.70. The summed E-state index contributed by atoms with van der Waals surface area (Å²) in [5.74, 6) is 1.43. The fraction of sp³-hybridized carbons (Fsp3) is 0.571. The first-order valence-corrected chi connectivity index (χ1v) is 9.73. The number of aryl methyl sites for hydroxylation is 1. The summed E-state index contributed by atoms with van der Waals surface area (Å²) in [6.45, 7) is 5.17. The molecule has 0 unspecified atom stereocenters. The second-order valence-corrected chi connectivity index (χ2v) is 6.50.